The molecule has 0 fully saturated rings. The molecule has 50 valence electrons. The third-order valence-electron chi connectivity index (χ3n) is 0.646. The van der Waals surface area contributed by atoms with Gasteiger partial charge in [-0.15, -0.1) is 0 Å². The van der Waals surface area contributed by atoms with Gasteiger partial charge < -0.3 is 0 Å². The molecule has 9 heavy (non-hydrogen) atoms. The van der Waals surface area contributed by atoms with Crippen molar-refractivity contribution in [2.24, 2.45) is 4.99 Å². The van der Waals surface area contributed by atoms with Crippen LogP contribution in [0, 0.1) is 0 Å². The Kier molecular flexibility index (Phi) is 4.06. The number of rotatable bonds is 2. The molecule has 0 rings (SSSR count). The highest BCUT2D eigenvalue weighted by Crippen LogP contribution is 2.00. The van der Waals surface area contributed by atoms with Crippen molar-refractivity contribution in [3.05, 3.63) is 23.4 Å². The first-order valence-electron chi connectivity index (χ1n) is 2.68. The van der Waals surface area contributed by atoms with Crippen LogP contribution in [0.2, 0.25) is 0 Å². The molecule has 1 nitrogen and oxygen atoms in total. The van der Waals surface area contributed by atoms with Crippen LogP contribution < -0.4 is 0 Å². The van der Waals surface area contributed by atoms with Gasteiger partial charge in [0.05, 0.1) is 0 Å². The smallest absolute Gasteiger partial charge is 0.124 e. The van der Waals surface area contributed by atoms with Gasteiger partial charge in [-0.25, -0.2) is 4.99 Å². The first-order valence-corrected chi connectivity index (χ1v) is 3.06. The second-order valence-electron chi connectivity index (χ2n) is 1.72. The zero-order chi connectivity index (χ0) is 7.28. The standard InChI is InChI=1S/C7H10ClN/c1-4-7(8)9-5-6(2)3/h4-5H,2H2,1,3H3/b7-4-,9-5?. The topological polar surface area (TPSA) is 12.4 Å². The monoisotopic (exact) mass is 143 g/mol. The first kappa shape index (κ1) is 8.44. The van der Waals surface area contributed by atoms with Crippen LogP contribution in [0.15, 0.2) is 28.4 Å². The van der Waals surface area contributed by atoms with Crippen LogP contribution in [0.1, 0.15) is 13.8 Å². The van der Waals surface area contributed by atoms with Crippen molar-refractivity contribution in [3.8, 4) is 0 Å². The molecule has 0 amide bonds. The molecule has 0 aliphatic heterocycles. The predicted octanol–water partition coefficient (Wildman–Crippen LogP) is 2.73. The molecule has 0 aliphatic carbocycles. The van der Waals surface area contributed by atoms with Crippen LogP contribution in [0.4, 0.5) is 0 Å². The lowest BCUT2D eigenvalue weighted by Crippen LogP contribution is -1.72. The minimum Gasteiger partial charge on any atom is -0.245 e. The van der Waals surface area contributed by atoms with E-state index in [4.69, 9.17) is 11.6 Å². The summed E-state index contributed by atoms with van der Waals surface area (Å²) in [7, 11) is 0. The van der Waals surface area contributed by atoms with E-state index in [-0.39, 0.29) is 0 Å². The van der Waals surface area contributed by atoms with E-state index >= 15 is 0 Å². The Morgan fingerprint density at radius 1 is 1.67 bits per heavy atom. The lowest BCUT2D eigenvalue weighted by Gasteiger charge is -1.84. The molecule has 0 aromatic rings. The summed E-state index contributed by atoms with van der Waals surface area (Å²) in [5, 5.41) is 0.498. The summed E-state index contributed by atoms with van der Waals surface area (Å²) in [6, 6.07) is 0. The molecule has 0 heterocycles. The largest absolute Gasteiger partial charge is 0.245 e. The Balaban J connectivity index is 3.86. The Morgan fingerprint density at radius 3 is 2.56 bits per heavy atom. The van der Waals surface area contributed by atoms with Crippen molar-refractivity contribution in [2.75, 3.05) is 0 Å². The van der Waals surface area contributed by atoms with Gasteiger partial charge >= 0.3 is 0 Å². The lowest BCUT2D eigenvalue weighted by atomic mass is 10.4. The molecule has 0 radical (unpaired) electrons. The molecule has 0 aromatic carbocycles. The minimum absolute atomic E-state index is 0.498. The summed E-state index contributed by atoms with van der Waals surface area (Å²) >= 11 is 5.53. The van der Waals surface area contributed by atoms with E-state index < -0.39 is 0 Å². The maximum atomic E-state index is 5.53. The fourth-order valence-corrected chi connectivity index (χ4v) is 0.295. The second-order valence-corrected chi connectivity index (χ2v) is 2.10. The fraction of sp³-hybridized carbons (Fsp3) is 0.286. The van der Waals surface area contributed by atoms with Gasteiger partial charge in [-0.05, 0) is 19.4 Å². The molecule has 0 spiro atoms. The minimum atomic E-state index is 0.498. The number of aliphatic imine (C=N–C) groups is 1. The van der Waals surface area contributed by atoms with Crippen molar-refractivity contribution >= 4 is 17.8 Å². The van der Waals surface area contributed by atoms with Crippen LogP contribution in [0.3, 0.4) is 0 Å². The number of hydrogen-bond acceptors (Lipinski definition) is 1. The maximum Gasteiger partial charge on any atom is 0.124 e. The van der Waals surface area contributed by atoms with Crippen molar-refractivity contribution in [1.82, 2.24) is 0 Å². The molecule has 0 saturated heterocycles. The van der Waals surface area contributed by atoms with E-state index in [9.17, 15) is 0 Å². The molecule has 0 aromatic heterocycles. The molecule has 2 heteroatoms. The number of halogens is 1. The van der Waals surface area contributed by atoms with Gasteiger partial charge in [0.2, 0.25) is 0 Å². The number of allylic oxidation sites excluding steroid dienone is 2. The van der Waals surface area contributed by atoms with Crippen LogP contribution in [0.5, 0.6) is 0 Å². The van der Waals surface area contributed by atoms with Crippen molar-refractivity contribution in [3.63, 3.8) is 0 Å². The highest BCUT2D eigenvalue weighted by atomic mass is 35.5. The molecule has 0 bridgehead atoms. The summed E-state index contributed by atoms with van der Waals surface area (Å²) < 4.78 is 0. The number of nitrogens with zero attached hydrogens (tertiary/aromatic N) is 1. The zero-order valence-corrected chi connectivity index (χ0v) is 6.44. The Bertz CT molecular complexity index is 156. The third kappa shape index (κ3) is 5.31. The average Bonchev–Trinajstić information content (AvgIpc) is 1.83. The Hall–Kier alpha value is -0.560. The van der Waals surface area contributed by atoms with Crippen molar-refractivity contribution in [2.45, 2.75) is 13.8 Å². The predicted molar refractivity (Wildman–Crippen MR) is 42.9 cm³/mol. The van der Waals surface area contributed by atoms with E-state index in [1.807, 2.05) is 13.8 Å². The summed E-state index contributed by atoms with van der Waals surface area (Å²) in [5.41, 5.74) is 0.898. The third-order valence-corrected chi connectivity index (χ3v) is 0.962. The summed E-state index contributed by atoms with van der Waals surface area (Å²) in [5.74, 6) is 0. The highest BCUT2D eigenvalue weighted by Gasteiger charge is 1.79. The van der Waals surface area contributed by atoms with Gasteiger partial charge in [0, 0.05) is 6.21 Å². The quantitative estimate of drug-likeness (QED) is 0.417. The molecule has 0 aliphatic rings. The molecular weight excluding hydrogens is 134 g/mol. The van der Waals surface area contributed by atoms with Crippen LogP contribution in [-0.2, 0) is 0 Å². The lowest BCUT2D eigenvalue weighted by molar-refractivity contribution is 1.47. The molecule has 0 N–H and O–H groups in total. The fourth-order valence-electron chi connectivity index (χ4n) is 0.246. The Morgan fingerprint density at radius 2 is 2.22 bits per heavy atom. The van der Waals surface area contributed by atoms with Crippen molar-refractivity contribution in [1.29, 1.82) is 0 Å². The maximum absolute atomic E-state index is 5.53. The van der Waals surface area contributed by atoms with E-state index in [2.05, 4.69) is 11.6 Å². The van der Waals surface area contributed by atoms with Gasteiger partial charge in [-0.3, -0.25) is 0 Å². The van der Waals surface area contributed by atoms with Crippen LogP contribution in [-0.4, -0.2) is 6.21 Å². The molecule has 0 unspecified atom stereocenters. The zero-order valence-electron chi connectivity index (χ0n) is 5.69. The average molecular weight is 144 g/mol. The Labute approximate surface area is 60.7 Å². The first-order chi connectivity index (χ1) is 4.16. The van der Waals surface area contributed by atoms with Crippen molar-refractivity contribution < 1.29 is 0 Å². The number of hydrogen-bond donors (Lipinski definition) is 0. The molecule has 0 saturated carbocycles. The van der Waals surface area contributed by atoms with E-state index in [1.165, 1.54) is 0 Å². The van der Waals surface area contributed by atoms with Gasteiger partial charge in [-0.1, -0.05) is 24.3 Å². The normalized spacial score (nSPS) is 12.6. The van der Waals surface area contributed by atoms with E-state index in [1.54, 1.807) is 12.3 Å². The van der Waals surface area contributed by atoms with Gasteiger partial charge in [0.1, 0.15) is 5.16 Å². The van der Waals surface area contributed by atoms with E-state index in [0.717, 1.165) is 5.57 Å². The SMILES string of the molecule is C=C(C)C=N/C(Cl)=C\C. The molecular formula is C7H10ClN. The van der Waals surface area contributed by atoms with E-state index in [0.29, 0.717) is 5.16 Å². The van der Waals surface area contributed by atoms with Gasteiger partial charge in [-0.2, -0.15) is 0 Å². The van der Waals surface area contributed by atoms with Crippen LogP contribution in [0.25, 0.3) is 0 Å². The molecule has 0 atom stereocenters. The van der Waals surface area contributed by atoms with Crippen LogP contribution >= 0.6 is 11.6 Å². The van der Waals surface area contributed by atoms with Gasteiger partial charge in [0.25, 0.3) is 0 Å². The van der Waals surface area contributed by atoms with Gasteiger partial charge in [0.15, 0.2) is 0 Å². The summed E-state index contributed by atoms with van der Waals surface area (Å²) in [6.07, 6.45) is 3.35. The highest BCUT2D eigenvalue weighted by molar-refractivity contribution is 6.29. The second kappa shape index (κ2) is 4.33. The summed E-state index contributed by atoms with van der Waals surface area (Å²) in [4.78, 5) is 3.84. The summed E-state index contributed by atoms with van der Waals surface area (Å²) in [6.45, 7) is 7.32.